The summed E-state index contributed by atoms with van der Waals surface area (Å²) in [6.45, 7) is 19.1. The smallest absolute Gasteiger partial charge is 0.128 e. The van der Waals surface area contributed by atoms with E-state index in [1.54, 1.807) is 0 Å². The molecular weight excluding hydrogens is 491 g/mol. The van der Waals surface area contributed by atoms with Crippen LogP contribution in [0.3, 0.4) is 0 Å². The van der Waals surface area contributed by atoms with Crippen molar-refractivity contribution < 1.29 is 8.78 Å². The van der Waals surface area contributed by atoms with E-state index in [2.05, 4.69) is 55.0 Å². The van der Waals surface area contributed by atoms with Gasteiger partial charge < -0.3 is 4.57 Å². The van der Waals surface area contributed by atoms with Crippen molar-refractivity contribution >= 4 is 35.2 Å². The van der Waals surface area contributed by atoms with Crippen molar-refractivity contribution in [3.05, 3.63) is 113 Å². The minimum atomic E-state index is -1.01. The SMILES string of the molecule is C.C#P(CC)C(=C)c1c(C2=CC=CCC2=C)c2c(/C=C\C)c(C)ccc2n1Cc1cc(F)ccc1F.CC. The van der Waals surface area contributed by atoms with Gasteiger partial charge in [-0.3, -0.25) is 0 Å². The number of fused-ring (bicyclic) bond motifs is 1. The summed E-state index contributed by atoms with van der Waals surface area (Å²) in [6.07, 6.45) is 18.4. The van der Waals surface area contributed by atoms with Gasteiger partial charge in [0.05, 0.1) is 17.8 Å². The van der Waals surface area contributed by atoms with Crippen LogP contribution < -0.4 is 0 Å². The average molecular weight is 532 g/mol. The first-order chi connectivity index (χ1) is 17.8. The van der Waals surface area contributed by atoms with Crippen molar-refractivity contribution in [1.29, 1.82) is 0 Å². The molecule has 1 aliphatic carbocycles. The summed E-state index contributed by atoms with van der Waals surface area (Å²) in [6, 6.07) is 7.72. The highest BCUT2D eigenvalue weighted by molar-refractivity contribution is 7.58. The lowest BCUT2D eigenvalue weighted by Crippen LogP contribution is -2.07. The number of nitrogens with zero attached hydrogens (tertiary/aromatic N) is 1. The molecule has 1 aliphatic rings. The van der Waals surface area contributed by atoms with Crippen molar-refractivity contribution in [2.24, 2.45) is 0 Å². The number of hydrogen-bond donors (Lipinski definition) is 0. The molecule has 0 saturated carbocycles. The first-order valence-corrected chi connectivity index (χ1v) is 14.4. The minimum Gasteiger partial charge on any atom is -0.335 e. The van der Waals surface area contributed by atoms with E-state index in [0.717, 1.165) is 68.4 Å². The van der Waals surface area contributed by atoms with E-state index in [9.17, 15) is 8.78 Å². The third kappa shape index (κ3) is 5.86. The summed E-state index contributed by atoms with van der Waals surface area (Å²) < 4.78 is 31.0. The van der Waals surface area contributed by atoms with Crippen molar-refractivity contribution in [2.45, 2.75) is 55.0 Å². The van der Waals surface area contributed by atoms with Crippen LogP contribution in [0.5, 0.6) is 0 Å². The Morgan fingerprint density at radius 2 is 1.89 bits per heavy atom. The number of allylic oxidation sites excluding steroid dienone is 6. The first kappa shape index (κ1) is 30.8. The molecule has 0 bridgehead atoms. The van der Waals surface area contributed by atoms with Crippen LogP contribution in [0, 0.1) is 24.7 Å². The average Bonchev–Trinajstić information content (AvgIpc) is 3.22. The molecule has 4 rings (SSSR count). The number of hydrogen-bond acceptors (Lipinski definition) is 0. The molecule has 0 aliphatic heterocycles. The molecule has 0 N–H and O–H groups in total. The fraction of sp³-hybridized carbons (Fsp3) is 0.265. The highest BCUT2D eigenvalue weighted by Gasteiger charge is 2.26. The second-order valence-electron chi connectivity index (χ2n) is 8.78. The lowest BCUT2D eigenvalue weighted by molar-refractivity contribution is 0.578. The second-order valence-corrected chi connectivity index (χ2v) is 10.9. The van der Waals surface area contributed by atoms with E-state index < -0.39 is 19.0 Å². The molecule has 0 amide bonds. The maximum atomic E-state index is 14.8. The van der Waals surface area contributed by atoms with Crippen molar-refractivity contribution in [3.63, 3.8) is 0 Å². The number of aromatic nitrogens is 1. The molecule has 1 heterocycles. The van der Waals surface area contributed by atoms with Crippen molar-refractivity contribution in [2.75, 3.05) is 6.16 Å². The third-order valence-electron chi connectivity index (χ3n) is 6.53. The van der Waals surface area contributed by atoms with Crippen LogP contribution in [0.1, 0.15) is 69.5 Å². The molecule has 1 aromatic heterocycles. The van der Waals surface area contributed by atoms with Crippen LogP contribution in [0.25, 0.3) is 27.9 Å². The Balaban J connectivity index is 0.00000165. The molecule has 0 saturated heterocycles. The van der Waals surface area contributed by atoms with Gasteiger partial charge in [0.15, 0.2) is 0 Å². The molecule has 0 fully saturated rings. The molecular formula is C34H40F2NP. The molecule has 0 spiro atoms. The summed E-state index contributed by atoms with van der Waals surface area (Å²) in [7, 11) is -1.01. The van der Waals surface area contributed by atoms with E-state index >= 15 is 0 Å². The Morgan fingerprint density at radius 3 is 2.53 bits per heavy atom. The van der Waals surface area contributed by atoms with E-state index in [0.29, 0.717) is 0 Å². The van der Waals surface area contributed by atoms with Gasteiger partial charge in [-0.1, -0.05) is 85.2 Å². The Labute approximate surface area is 228 Å². The summed E-state index contributed by atoms with van der Waals surface area (Å²) in [5.74, 6) is -0.908. The van der Waals surface area contributed by atoms with Gasteiger partial charge in [-0.25, -0.2) is 8.78 Å². The Bertz CT molecular complexity index is 1520. The zero-order valence-electron chi connectivity index (χ0n) is 22.5. The normalized spacial score (nSPS) is 13.2. The molecule has 1 unspecified atom stereocenters. The van der Waals surface area contributed by atoms with Gasteiger partial charge in [0, 0.05) is 21.8 Å². The van der Waals surface area contributed by atoms with Gasteiger partial charge in [0.25, 0.3) is 0 Å². The largest absolute Gasteiger partial charge is 0.335 e. The third-order valence-corrected chi connectivity index (χ3v) is 8.12. The van der Waals surface area contributed by atoms with Crippen LogP contribution in [0.15, 0.2) is 73.4 Å². The van der Waals surface area contributed by atoms with Crippen LogP contribution in [-0.4, -0.2) is 10.7 Å². The van der Waals surface area contributed by atoms with Crippen LogP contribution >= 0.6 is 7.38 Å². The van der Waals surface area contributed by atoms with Gasteiger partial charge in [-0.2, -0.15) is 0 Å². The van der Waals surface area contributed by atoms with E-state index in [4.69, 9.17) is 6.13 Å². The minimum absolute atomic E-state index is 0. The van der Waals surface area contributed by atoms with E-state index in [-0.39, 0.29) is 19.5 Å². The molecule has 0 radical (unpaired) electrons. The molecule has 2 aromatic carbocycles. The van der Waals surface area contributed by atoms with Gasteiger partial charge in [-0.05, 0) is 73.0 Å². The van der Waals surface area contributed by atoms with Crippen LogP contribution in [0.4, 0.5) is 8.78 Å². The summed E-state index contributed by atoms with van der Waals surface area (Å²) in [4.78, 5) is 0. The van der Waals surface area contributed by atoms with Crippen LogP contribution in [0.2, 0.25) is 0 Å². The van der Waals surface area contributed by atoms with Gasteiger partial charge in [0.1, 0.15) is 11.6 Å². The van der Waals surface area contributed by atoms with Gasteiger partial charge in [0.2, 0.25) is 0 Å². The quantitative estimate of drug-likeness (QED) is 0.289. The van der Waals surface area contributed by atoms with Crippen LogP contribution in [-0.2, 0) is 6.54 Å². The molecule has 1 nitrogen and oxygen atoms in total. The number of benzene rings is 2. The fourth-order valence-corrected chi connectivity index (χ4v) is 5.59. The summed E-state index contributed by atoms with van der Waals surface area (Å²) in [5, 5.41) is 1.89. The number of rotatable bonds is 5. The Kier molecular flexibility index (Phi) is 10.9. The molecule has 200 valence electrons. The lowest BCUT2D eigenvalue weighted by Gasteiger charge is -2.18. The Morgan fingerprint density at radius 1 is 1.18 bits per heavy atom. The van der Waals surface area contributed by atoms with Gasteiger partial charge in [-0.15, -0.1) is 6.13 Å². The van der Waals surface area contributed by atoms with E-state index in [1.165, 1.54) is 12.1 Å². The monoisotopic (exact) mass is 531 g/mol. The van der Waals surface area contributed by atoms with Crippen molar-refractivity contribution in [1.82, 2.24) is 4.57 Å². The molecule has 4 heteroatoms. The highest BCUT2D eigenvalue weighted by atomic mass is 31.1. The van der Waals surface area contributed by atoms with E-state index in [1.807, 2.05) is 39.8 Å². The maximum absolute atomic E-state index is 14.8. The zero-order valence-corrected chi connectivity index (χ0v) is 23.4. The zero-order chi connectivity index (χ0) is 27.3. The summed E-state index contributed by atoms with van der Waals surface area (Å²) >= 11 is 0. The highest BCUT2D eigenvalue weighted by Crippen LogP contribution is 2.47. The lowest BCUT2D eigenvalue weighted by atomic mass is 9.88. The second kappa shape index (κ2) is 13.4. The molecule has 3 aromatic rings. The standard InChI is InChI=1S/C31H30F2NP.C2H6.CH4/c1-7-11-25-21(4)14-17-28-29(25)30(26-13-10-9-12-20(26)3)31(22(5)35(6)8-2)34(28)19-23-18-24(32)15-16-27(23)33;1-2;/h6-7,9-11,13-18H,3,5,8,12,19H2,1-2,4H3;1-2H3;1H4/b11-7-;;. The number of aryl methyl sites for hydroxylation is 1. The maximum Gasteiger partial charge on any atom is 0.128 e. The predicted molar refractivity (Wildman–Crippen MR) is 167 cm³/mol. The number of halogens is 2. The van der Waals surface area contributed by atoms with Gasteiger partial charge >= 0.3 is 0 Å². The molecule has 1 atom stereocenters. The summed E-state index contributed by atoms with van der Waals surface area (Å²) in [5.41, 5.74) is 7.36. The topological polar surface area (TPSA) is 4.93 Å². The first-order valence-electron chi connectivity index (χ1n) is 12.8. The molecule has 38 heavy (non-hydrogen) atoms. The predicted octanol–water partition coefficient (Wildman–Crippen LogP) is 10.9. The van der Waals surface area contributed by atoms with Crippen molar-refractivity contribution in [3.8, 4) is 6.13 Å². The Hall–Kier alpha value is -3.38. The fourth-order valence-electron chi connectivity index (χ4n) is 4.71.